The van der Waals surface area contributed by atoms with E-state index in [9.17, 15) is 9.59 Å². The van der Waals surface area contributed by atoms with Crippen LogP contribution in [0.25, 0.3) is 10.8 Å². The van der Waals surface area contributed by atoms with E-state index in [1.54, 1.807) is 14.1 Å². The van der Waals surface area contributed by atoms with Crippen molar-refractivity contribution >= 4 is 34.3 Å². The molecule has 0 spiro atoms. The van der Waals surface area contributed by atoms with E-state index in [0.717, 1.165) is 22.1 Å². The van der Waals surface area contributed by atoms with Gasteiger partial charge in [0.2, 0.25) is 0 Å². The van der Waals surface area contributed by atoms with Gasteiger partial charge in [-0.3, -0.25) is 9.80 Å². The number of carbonyl (C=O) groups is 2. The van der Waals surface area contributed by atoms with Gasteiger partial charge in [0.05, 0.1) is 0 Å². The SMILES string of the molecule is CN(C(=O)OC(C)(C)C)c1ccc2cc(N(C)C(=O)OC(C)(C)C)ccc2c1. The van der Waals surface area contributed by atoms with E-state index in [2.05, 4.69) is 0 Å². The molecule has 6 heteroatoms. The number of rotatable bonds is 2. The van der Waals surface area contributed by atoms with Gasteiger partial charge in [-0.15, -0.1) is 0 Å². The van der Waals surface area contributed by atoms with Crippen molar-refractivity contribution in [2.24, 2.45) is 0 Å². The molecule has 0 N–H and O–H groups in total. The Morgan fingerprint density at radius 1 is 0.679 bits per heavy atom. The molecule has 0 saturated heterocycles. The maximum atomic E-state index is 12.3. The summed E-state index contributed by atoms with van der Waals surface area (Å²) >= 11 is 0. The summed E-state index contributed by atoms with van der Waals surface area (Å²) in [5.41, 5.74) is 0.358. The normalized spacial score (nSPS) is 11.9. The molecule has 2 amide bonds. The van der Waals surface area contributed by atoms with Gasteiger partial charge >= 0.3 is 12.2 Å². The molecule has 2 aromatic rings. The van der Waals surface area contributed by atoms with Gasteiger partial charge in [0, 0.05) is 25.5 Å². The largest absolute Gasteiger partial charge is 0.443 e. The van der Waals surface area contributed by atoms with Crippen LogP contribution in [-0.4, -0.2) is 37.5 Å². The van der Waals surface area contributed by atoms with Crippen LogP contribution in [0, 0.1) is 0 Å². The maximum Gasteiger partial charge on any atom is 0.414 e. The van der Waals surface area contributed by atoms with Crippen LogP contribution in [0.5, 0.6) is 0 Å². The molecule has 0 bridgehead atoms. The summed E-state index contributed by atoms with van der Waals surface area (Å²) in [6.45, 7) is 11.0. The number of fused-ring (bicyclic) bond motifs is 1. The predicted molar refractivity (Wildman–Crippen MR) is 113 cm³/mol. The Morgan fingerprint density at radius 2 is 1.00 bits per heavy atom. The number of carbonyl (C=O) groups excluding carboxylic acids is 2. The molecule has 28 heavy (non-hydrogen) atoms. The average Bonchev–Trinajstić information content (AvgIpc) is 2.56. The molecule has 0 unspecified atom stereocenters. The molecule has 0 radical (unpaired) electrons. The standard InChI is InChI=1S/C22H30N2O4/c1-21(2,3)27-19(25)23(7)17-11-9-16-14-18(12-10-15(16)13-17)24(8)20(26)28-22(4,5)6/h9-14H,1-8H3. The van der Waals surface area contributed by atoms with Crippen LogP contribution < -0.4 is 9.80 Å². The molecular weight excluding hydrogens is 356 g/mol. The summed E-state index contributed by atoms with van der Waals surface area (Å²) in [5, 5.41) is 1.91. The molecule has 0 aliphatic carbocycles. The molecule has 0 aliphatic heterocycles. The van der Waals surface area contributed by atoms with E-state index in [1.165, 1.54) is 9.80 Å². The number of hydrogen-bond donors (Lipinski definition) is 0. The van der Waals surface area contributed by atoms with Gasteiger partial charge in [-0.2, -0.15) is 0 Å². The summed E-state index contributed by atoms with van der Waals surface area (Å²) in [7, 11) is 3.36. The van der Waals surface area contributed by atoms with Gasteiger partial charge in [-0.05, 0) is 76.6 Å². The summed E-state index contributed by atoms with van der Waals surface area (Å²) in [6.07, 6.45) is -0.818. The highest BCUT2D eigenvalue weighted by atomic mass is 16.6. The Hall–Kier alpha value is -2.76. The Balaban J connectivity index is 2.24. The highest BCUT2D eigenvalue weighted by molar-refractivity contribution is 5.96. The van der Waals surface area contributed by atoms with Crippen molar-refractivity contribution in [3.05, 3.63) is 36.4 Å². The van der Waals surface area contributed by atoms with Gasteiger partial charge in [0.15, 0.2) is 0 Å². The van der Waals surface area contributed by atoms with Crippen LogP contribution in [0.3, 0.4) is 0 Å². The number of benzene rings is 2. The first kappa shape index (κ1) is 21.5. The fourth-order valence-electron chi connectivity index (χ4n) is 2.51. The zero-order valence-electron chi connectivity index (χ0n) is 18.0. The minimum Gasteiger partial charge on any atom is -0.443 e. The van der Waals surface area contributed by atoms with Crippen molar-refractivity contribution in [3.8, 4) is 0 Å². The third-order valence-corrected chi connectivity index (χ3v) is 3.92. The van der Waals surface area contributed by atoms with Crippen molar-refractivity contribution in [2.45, 2.75) is 52.7 Å². The number of ether oxygens (including phenoxy) is 2. The second-order valence-electron chi connectivity index (χ2n) is 8.79. The molecule has 0 heterocycles. The van der Waals surface area contributed by atoms with Crippen LogP contribution >= 0.6 is 0 Å². The fourth-order valence-corrected chi connectivity index (χ4v) is 2.51. The van der Waals surface area contributed by atoms with Gasteiger partial charge in [-0.1, -0.05) is 12.1 Å². The van der Waals surface area contributed by atoms with Crippen LogP contribution in [0.15, 0.2) is 36.4 Å². The van der Waals surface area contributed by atoms with Crippen molar-refractivity contribution in [1.29, 1.82) is 0 Å². The van der Waals surface area contributed by atoms with E-state index in [-0.39, 0.29) is 0 Å². The van der Waals surface area contributed by atoms with Crippen molar-refractivity contribution in [3.63, 3.8) is 0 Å². The van der Waals surface area contributed by atoms with Crippen LogP contribution in [0.1, 0.15) is 41.5 Å². The number of hydrogen-bond acceptors (Lipinski definition) is 4. The van der Waals surface area contributed by atoms with Gasteiger partial charge in [-0.25, -0.2) is 9.59 Å². The zero-order valence-corrected chi connectivity index (χ0v) is 18.0. The molecule has 0 saturated carbocycles. The second-order valence-corrected chi connectivity index (χ2v) is 8.79. The smallest absolute Gasteiger partial charge is 0.414 e. The Morgan fingerprint density at radius 3 is 1.29 bits per heavy atom. The van der Waals surface area contributed by atoms with E-state index >= 15 is 0 Å². The summed E-state index contributed by atoms with van der Waals surface area (Å²) in [5.74, 6) is 0. The minimum atomic E-state index is -0.552. The summed E-state index contributed by atoms with van der Waals surface area (Å²) in [4.78, 5) is 27.5. The average molecular weight is 386 g/mol. The van der Waals surface area contributed by atoms with Gasteiger partial charge < -0.3 is 9.47 Å². The summed E-state index contributed by atoms with van der Waals surface area (Å²) in [6, 6.07) is 11.4. The van der Waals surface area contributed by atoms with E-state index in [0.29, 0.717) is 0 Å². The lowest BCUT2D eigenvalue weighted by atomic mass is 10.1. The Bertz CT molecular complexity index is 805. The molecule has 0 atom stereocenters. The van der Waals surface area contributed by atoms with E-state index in [4.69, 9.17) is 9.47 Å². The summed E-state index contributed by atoms with van der Waals surface area (Å²) < 4.78 is 10.8. The third-order valence-electron chi connectivity index (χ3n) is 3.92. The molecular formula is C22H30N2O4. The van der Waals surface area contributed by atoms with Gasteiger partial charge in [0.25, 0.3) is 0 Å². The molecule has 0 aromatic heterocycles. The van der Waals surface area contributed by atoms with Crippen molar-refractivity contribution < 1.29 is 19.1 Å². The van der Waals surface area contributed by atoms with E-state index in [1.807, 2.05) is 77.9 Å². The third kappa shape index (κ3) is 5.62. The monoisotopic (exact) mass is 386 g/mol. The van der Waals surface area contributed by atoms with Crippen LogP contribution in [-0.2, 0) is 9.47 Å². The van der Waals surface area contributed by atoms with Crippen molar-refractivity contribution in [1.82, 2.24) is 0 Å². The second kappa shape index (κ2) is 7.70. The molecule has 0 aliphatic rings. The van der Waals surface area contributed by atoms with Crippen LogP contribution in [0.4, 0.5) is 21.0 Å². The topological polar surface area (TPSA) is 59.1 Å². The van der Waals surface area contributed by atoms with Gasteiger partial charge in [0.1, 0.15) is 11.2 Å². The quantitative estimate of drug-likeness (QED) is 0.676. The van der Waals surface area contributed by atoms with E-state index < -0.39 is 23.4 Å². The first-order chi connectivity index (χ1) is 12.8. The fraction of sp³-hybridized carbons (Fsp3) is 0.455. The Kier molecular flexibility index (Phi) is 5.92. The zero-order chi connectivity index (χ0) is 21.3. The van der Waals surface area contributed by atoms with Crippen LogP contribution in [0.2, 0.25) is 0 Å². The predicted octanol–water partition coefficient (Wildman–Crippen LogP) is 5.58. The first-order valence-corrected chi connectivity index (χ1v) is 9.24. The lowest BCUT2D eigenvalue weighted by molar-refractivity contribution is 0.0578. The molecule has 6 nitrogen and oxygen atoms in total. The highest BCUT2D eigenvalue weighted by Crippen LogP contribution is 2.27. The molecule has 2 aromatic carbocycles. The molecule has 152 valence electrons. The first-order valence-electron chi connectivity index (χ1n) is 9.24. The van der Waals surface area contributed by atoms with Crippen molar-refractivity contribution in [2.75, 3.05) is 23.9 Å². The highest BCUT2D eigenvalue weighted by Gasteiger charge is 2.22. The minimum absolute atomic E-state index is 0.409. The molecule has 2 rings (SSSR count). The number of nitrogens with zero attached hydrogens (tertiary/aromatic N) is 2. The lowest BCUT2D eigenvalue weighted by Gasteiger charge is -2.25. The molecule has 0 fully saturated rings. The number of anilines is 2. The lowest BCUT2D eigenvalue weighted by Crippen LogP contribution is -2.34. The maximum absolute atomic E-state index is 12.3. The number of amides is 2. The Labute approximate surface area is 167 Å².